The molecule has 4 nitrogen and oxygen atoms in total. The highest BCUT2D eigenvalue weighted by Gasteiger charge is 2.61. The molecule has 0 spiro atoms. The summed E-state index contributed by atoms with van der Waals surface area (Å²) >= 11 is 0. The van der Waals surface area contributed by atoms with E-state index in [0.29, 0.717) is 0 Å². The van der Waals surface area contributed by atoms with E-state index in [4.69, 9.17) is 10.2 Å². The average Bonchev–Trinajstić information content (AvgIpc) is 2.62. The molecule has 9 heteroatoms. The van der Waals surface area contributed by atoms with E-state index < -0.39 is 29.5 Å². The maximum Gasteiger partial charge on any atom is 0.455 e. The van der Waals surface area contributed by atoms with Crippen LogP contribution in [0.25, 0.3) is 11.1 Å². The maximum atomic E-state index is 13.1. The SMILES string of the molecule is Cn1c(=O)oc2cc(C(N)C(F)(F)C(F)(F)F)ccc21. The Morgan fingerprint density at radius 3 is 2.40 bits per heavy atom. The molecule has 1 atom stereocenters. The summed E-state index contributed by atoms with van der Waals surface area (Å²) in [6.45, 7) is 0. The lowest BCUT2D eigenvalue weighted by atomic mass is 10.0. The monoisotopic (exact) mass is 296 g/mol. The number of rotatable bonds is 2. The Labute approximate surface area is 108 Å². The summed E-state index contributed by atoms with van der Waals surface area (Å²) < 4.78 is 68.8. The number of fused-ring (bicyclic) bond motifs is 1. The number of aryl methyl sites for hydroxylation is 1. The van der Waals surface area contributed by atoms with Crippen LogP contribution in [0.5, 0.6) is 0 Å². The van der Waals surface area contributed by atoms with Crippen LogP contribution >= 0.6 is 0 Å². The zero-order chi connectivity index (χ0) is 15.3. The molecule has 0 saturated carbocycles. The fourth-order valence-electron chi connectivity index (χ4n) is 1.73. The van der Waals surface area contributed by atoms with Crippen molar-refractivity contribution in [3.63, 3.8) is 0 Å². The molecule has 1 aromatic carbocycles. The van der Waals surface area contributed by atoms with Crippen LogP contribution in [0.1, 0.15) is 11.6 Å². The van der Waals surface area contributed by atoms with Crippen molar-refractivity contribution in [3.05, 3.63) is 34.3 Å². The second-order valence-corrected chi connectivity index (χ2v) is 4.25. The summed E-state index contributed by atoms with van der Waals surface area (Å²) in [5, 5.41) is 0. The number of benzene rings is 1. The molecular weight excluding hydrogens is 287 g/mol. The van der Waals surface area contributed by atoms with E-state index in [0.717, 1.165) is 16.7 Å². The fraction of sp³-hybridized carbons (Fsp3) is 0.364. The summed E-state index contributed by atoms with van der Waals surface area (Å²) in [5.41, 5.74) is 4.68. The van der Waals surface area contributed by atoms with E-state index in [1.54, 1.807) is 0 Å². The number of oxazole rings is 1. The smallest absolute Gasteiger partial charge is 0.408 e. The van der Waals surface area contributed by atoms with Crippen LogP contribution in [-0.2, 0) is 7.05 Å². The highest BCUT2D eigenvalue weighted by molar-refractivity contribution is 5.73. The van der Waals surface area contributed by atoms with Crippen LogP contribution in [0.3, 0.4) is 0 Å². The van der Waals surface area contributed by atoms with Crippen LogP contribution in [0.15, 0.2) is 27.4 Å². The predicted octanol–water partition coefficient (Wildman–Crippen LogP) is 2.33. The molecule has 0 aliphatic heterocycles. The standard InChI is InChI=1S/C11H9F5N2O2/c1-18-6-3-2-5(4-7(6)20-9(18)19)8(17)10(12,13)11(14,15)16/h2-4,8H,17H2,1H3. The van der Waals surface area contributed by atoms with Crippen molar-refractivity contribution in [2.75, 3.05) is 0 Å². The molecule has 0 amide bonds. The van der Waals surface area contributed by atoms with Gasteiger partial charge in [-0.05, 0) is 17.7 Å². The zero-order valence-electron chi connectivity index (χ0n) is 10.0. The first-order valence-corrected chi connectivity index (χ1v) is 5.35. The third kappa shape index (κ3) is 2.07. The van der Waals surface area contributed by atoms with E-state index in [9.17, 15) is 26.7 Å². The number of aromatic nitrogens is 1. The van der Waals surface area contributed by atoms with Crippen molar-refractivity contribution in [1.29, 1.82) is 0 Å². The lowest BCUT2D eigenvalue weighted by Crippen LogP contribution is -2.45. The molecule has 2 rings (SSSR count). The first kappa shape index (κ1) is 14.5. The molecule has 20 heavy (non-hydrogen) atoms. The molecule has 0 aliphatic rings. The minimum atomic E-state index is -5.76. The van der Waals surface area contributed by atoms with Gasteiger partial charge in [0.15, 0.2) is 5.58 Å². The Kier molecular flexibility index (Phi) is 3.12. The second-order valence-electron chi connectivity index (χ2n) is 4.25. The van der Waals surface area contributed by atoms with Crippen LogP contribution < -0.4 is 11.5 Å². The third-order valence-electron chi connectivity index (χ3n) is 2.94. The first-order valence-electron chi connectivity index (χ1n) is 5.35. The van der Waals surface area contributed by atoms with Crippen molar-refractivity contribution >= 4 is 11.1 Å². The topological polar surface area (TPSA) is 61.2 Å². The minimum Gasteiger partial charge on any atom is -0.408 e. The van der Waals surface area contributed by atoms with Crippen molar-refractivity contribution in [3.8, 4) is 0 Å². The Hall–Kier alpha value is -1.90. The van der Waals surface area contributed by atoms with Gasteiger partial charge in [0.25, 0.3) is 0 Å². The first-order chi connectivity index (χ1) is 9.05. The van der Waals surface area contributed by atoms with E-state index in [1.807, 2.05) is 0 Å². The molecule has 110 valence electrons. The lowest BCUT2D eigenvalue weighted by Gasteiger charge is -2.25. The van der Waals surface area contributed by atoms with Crippen molar-refractivity contribution in [1.82, 2.24) is 4.57 Å². The second kappa shape index (κ2) is 4.30. The Balaban J connectivity index is 2.51. The van der Waals surface area contributed by atoms with E-state index >= 15 is 0 Å². The van der Waals surface area contributed by atoms with Gasteiger partial charge in [-0.1, -0.05) is 6.07 Å². The summed E-state index contributed by atoms with van der Waals surface area (Å²) in [7, 11) is 1.37. The number of alkyl halides is 5. The summed E-state index contributed by atoms with van der Waals surface area (Å²) in [6, 6.07) is 0.516. The number of nitrogens with two attached hydrogens (primary N) is 1. The maximum absolute atomic E-state index is 13.1. The number of hydrogen-bond acceptors (Lipinski definition) is 3. The van der Waals surface area contributed by atoms with Crippen molar-refractivity contribution in [2.45, 2.75) is 18.1 Å². The van der Waals surface area contributed by atoms with E-state index in [2.05, 4.69) is 0 Å². The van der Waals surface area contributed by atoms with Gasteiger partial charge in [0.2, 0.25) is 0 Å². The van der Waals surface area contributed by atoms with Gasteiger partial charge in [-0.2, -0.15) is 22.0 Å². The van der Waals surface area contributed by atoms with Gasteiger partial charge in [0.05, 0.1) is 5.52 Å². The van der Waals surface area contributed by atoms with E-state index in [1.165, 1.54) is 13.1 Å². The lowest BCUT2D eigenvalue weighted by molar-refractivity contribution is -0.290. The molecule has 2 N–H and O–H groups in total. The molecule has 1 unspecified atom stereocenters. The third-order valence-corrected chi connectivity index (χ3v) is 2.94. The Morgan fingerprint density at radius 2 is 1.85 bits per heavy atom. The number of nitrogens with zero attached hydrogens (tertiary/aromatic N) is 1. The van der Waals surface area contributed by atoms with Crippen LogP contribution in [0.2, 0.25) is 0 Å². The highest BCUT2D eigenvalue weighted by Crippen LogP contribution is 2.43. The normalized spacial score (nSPS) is 14.8. The average molecular weight is 296 g/mol. The van der Waals surface area contributed by atoms with Gasteiger partial charge >= 0.3 is 17.9 Å². The fourth-order valence-corrected chi connectivity index (χ4v) is 1.73. The zero-order valence-corrected chi connectivity index (χ0v) is 10.0. The molecule has 0 saturated heterocycles. The summed E-state index contributed by atoms with van der Waals surface area (Å²) in [5.74, 6) is -5.84. The highest BCUT2D eigenvalue weighted by atomic mass is 19.4. The van der Waals surface area contributed by atoms with Gasteiger partial charge in [-0.25, -0.2) is 4.79 Å². The molecule has 0 bridgehead atoms. The van der Waals surface area contributed by atoms with Crippen LogP contribution in [0, 0.1) is 0 Å². The molecule has 0 radical (unpaired) electrons. The minimum absolute atomic E-state index is 0.108. The molecule has 1 aromatic heterocycles. The van der Waals surface area contributed by atoms with E-state index in [-0.39, 0.29) is 11.1 Å². The molecule has 0 aliphatic carbocycles. The van der Waals surface area contributed by atoms with Crippen LogP contribution in [0.4, 0.5) is 22.0 Å². The molecule has 2 aromatic rings. The van der Waals surface area contributed by atoms with Crippen LogP contribution in [-0.4, -0.2) is 16.7 Å². The molecular formula is C11H9F5N2O2. The quantitative estimate of drug-likeness (QED) is 0.865. The summed E-state index contributed by atoms with van der Waals surface area (Å²) in [6.07, 6.45) is -5.76. The molecule has 0 fully saturated rings. The van der Waals surface area contributed by atoms with Crippen molar-refractivity contribution < 1.29 is 26.4 Å². The van der Waals surface area contributed by atoms with Gasteiger partial charge < -0.3 is 10.2 Å². The summed E-state index contributed by atoms with van der Waals surface area (Å²) in [4.78, 5) is 11.2. The Morgan fingerprint density at radius 1 is 1.25 bits per heavy atom. The van der Waals surface area contributed by atoms with Gasteiger partial charge in [0, 0.05) is 7.05 Å². The predicted molar refractivity (Wildman–Crippen MR) is 59.4 cm³/mol. The Bertz CT molecular complexity index is 701. The number of hydrogen-bond donors (Lipinski definition) is 1. The molecule has 1 heterocycles. The van der Waals surface area contributed by atoms with Gasteiger partial charge in [-0.3, -0.25) is 4.57 Å². The van der Waals surface area contributed by atoms with Crippen molar-refractivity contribution in [2.24, 2.45) is 12.8 Å². The largest absolute Gasteiger partial charge is 0.455 e. The number of halogens is 5. The van der Waals surface area contributed by atoms with Gasteiger partial charge in [-0.15, -0.1) is 0 Å². The van der Waals surface area contributed by atoms with Gasteiger partial charge in [0.1, 0.15) is 6.04 Å².